The summed E-state index contributed by atoms with van der Waals surface area (Å²) in [5.41, 5.74) is 12.6. The number of furan rings is 1. The number of amides is 1. The number of anilines is 2. The Kier molecular flexibility index (Phi) is 6.84. The average Bonchev–Trinajstić information content (AvgIpc) is 3.75. The molecule has 2 atom stereocenters. The molecule has 1 aliphatic heterocycles. The van der Waals surface area contributed by atoms with Crippen molar-refractivity contribution in [3.8, 4) is 10.4 Å². The van der Waals surface area contributed by atoms with Gasteiger partial charge in [0, 0.05) is 25.9 Å². The second kappa shape index (κ2) is 10.8. The number of nitrogens with zero attached hydrogens (tertiary/aromatic N) is 6. The Hall–Kier alpha value is -4.34. The topological polar surface area (TPSA) is 195 Å². The van der Waals surface area contributed by atoms with Crippen molar-refractivity contribution in [1.82, 2.24) is 24.0 Å². The molecule has 0 spiro atoms. The van der Waals surface area contributed by atoms with Crippen LogP contribution in [0.3, 0.4) is 0 Å². The molecule has 42 heavy (non-hydrogen) atoms. The number of rotatable bonds is 7. The minimum Gasteiger partial charge on any atom is -0.456 e. The van der Waals surface area contributed by atoms with Gasteiger partial charge in [-0.25, -0.2) is 9.97 Å². The lowest BCUT2D eigenvalue weighted by molar-refractivity contribution is -0.427. The SMILES string of the molecule is NC(=O)c1c(Cc2cc(-c3coc4c(=O)cc(N5CCOCC5)oc34)sn2)nc(N[C@H]2CCCC[C@H]2[NH3+])n2ncnc12. The second-order valence-electron chi connectivity index (χ2n) is 10.6. The smallest absolute Gasteiger partial charge is 0.254 e. The van der Waals surface area contributed by atoms with Gasteiger partial charge in [-0.2, -0.15) is 14.0 Å². The van der Waals surface area contributed by atoms with Crippen molar-refractivity contribution in [3.63, 3.8) is 0 Å². The molecular weight excluding hydrogens is 562 g/mol. The van der Waals surface area contributed by atoms with E-state index in [1.165, 1.54) is 34.7 Å². The van der Waals surface area contributed by atoms with Crippen LogP contribution in [0.5, 0.6) is 0 Å². The van der Waals surface area contributed by atoms with Gasteiger partial charge < -0.3 is 35.3 Å². The molecule has 1 amide bonds. The van der Waals surface area contributed by atoms with Gasteiger partial charge in [-0.1, -0.05) is 6.42 Å². The molecule has 0 aromatic carbocycles. The largest absolute Gasteiger partial charge is 0.456 e. The molecule has 1 saturated carbocycles. The minimum absolute atomic E-state index is 0.128. The minimum atomic E-state index is -0.650. The van der Waals surface area contributed by atoms with Crippen LogP contribution in [-0.2, 0) is 11.2 Å². The average molecular weight is 593 g/mol. The van der Waals surface area contributed by atoms with Gasteiger partial charge >= 0.3 is 0 Å². The second-order valence-corrected chi connectivity index (χ2v) is 11.4. The van der Waals surface area contributed by atoms with Gasteiger partial charge in [0.1, 0.15) is 24.2 Å². The van der Waals surface area contributed by atoms with Crippen LogP contribution in [0.25, 0.3) is 27.3 Å². The maximum atomic E-state index is 12.8. The Balaban J connectivity index is 1.23. The molecular formula is C27H30N9O5S+. The van der Waals surface area contributed by atoms with Crippen molar-refractivity contribution in [2.75, 3.05) is 36.5 Å². The molecule has 6 heterocycles. The third-order valence-corrected chi connectivity index (χ3v) is 8.76. The van der Waals surface area contributed by atoms with E-state index in [1.54, 1.807) is 0 Å². The number of nitrogens with two attached hydrogens (primary N) is 1. The van der Waals surface area contributed by atoms with Crippen LogP contribution in [-0.4, -0.2) is 68.2 Å². The Morgan fingerprint density at radius 2 is 2.02 bits per heavy atom. The number of aromatic nitrogens is 5. The molecule has 1 saturated heterocycles. The number of carbonyl (C=O) groups is 1. The van der Waals surface area contributed by atoms with Crippen molar-refractivity contribution in [3.05, 3.63) is 51.9 Å². The summed E-state index contributed by atoms with van der Waals surface area (Å²) in [6.07, 6.45) is 7.37. The van der Waals surface area contributed by atoms with Crippen LogP contribution in [0.4, 0.5) is 11.8 Å². The Labute approximate surface area is 242 Å². The molecule has 2 fully saturated rings. The zero-order valence-corrected chi connectivity index (χ0v) is 23.6. The van der Waals surface area contributed by atoms with E-state index in [-0.39, 0.29) is 35.1 Å². The van der Waals surface area contributed by atoms with Gasteiger partial charge in [0.05, 0.1) is 47.2 Å². The number of morpholine rings is 1. The molecule has 0 bridgehead atoms. The van der Waals surface area contributed by atoms with Gasteiger partial charge in [0.25, 0.3) is 5.91 Å². The first-order chi connectivity index (χ1) is 20.5. The highest BCUT2D eigenvalue weighted by atomic mass is 32.1. The van der Waals surface area contributed by atoms with E-state index in [0.717, 1.165) is 30.6 Å². The van der Waals surface area contributed by atoms with Gasteiger partial charge in [0.15, 0.2) is 17.1 Å². The fourth-order valence-corrected chi connectivity index (χ4v) is 6.46. The summed E-state index contributed by atoms with van der Waals surface area (Å²) in [6, 6.07) is 3.68. The van der Waals surface area contributed by atoms with E-state index in [2.05, 4.69) is 25.5 Å². The highest BCUT2D eigenvalue weighted by molar-refractivity contribution is 7.09. The maximum Gasteiger partial charge on any atom is 0.254 e. The number of primary amides is 1. The quantitative estimate of drug-likeness (QED) is 0.247. The van der Waals surface area contributed by atoms with Crippen molar-refractivity contribution in [1.29, 1.82) is 0 Å². The summed E-state index contributed by atoms with van der Waals surface area (Å²) < 4.78 is 23.4. The van der Waals surface area contributed by atoms with Gasteiger partial charge in [0.2, 0.25) is 17.0 Å². The molecule has 14 nitrogen and oxygen atoms in total. The van der Waals surface area contributed by atoms with Gasteiger partial charge in [-0.3, -0.25) is 9.59 Å². The molecule has 218 valence electrons. The molecule has 5 aromatic heterocycles. The lowest BCUT2D eigenvalue weighted by Gasteiger charge is -2.27. The first-order valence-electron chi connectivity index (χ1n) is 13.9. The fourth-order valence-electron chi connectivity index (χ4n) is 5.70. The first kappa shape index (κ1) is 26.6. The van der Waals surface area contributed by atoms with Gasteiger partial charge in [-0.05, 0) is 30.4 Å². The summed E-state index contributed by atoms with van der Waals surface area (Å²) in [5, 5.41) is 7.79. The number of nitrogens with one attached hydrogen (secondary N) is 1. The van der Waals surface area contributed by atoms with Crippen LogP contribution < -0.4 is 27.1 Å². The molecule has 15 heteroatoms. The zero-order valence-electron chi connectivity index (χ0n) is 22.7. The summed E-state index contributed by atoms with van der Waals surface area (Å²) in [4.78, 5) is 37.3. The van der Waals surface area contributed by atoms with Crippen molar-refractivity contribution in [2.24, 2.45) is 5.73 Å². The molecule has 0 unspecified atom stereocenters. The van der Waals surface area contributed by atoms with E-state index in [0.29, 0.717) is 66.3 Å². The van der Waals surface area contributed by atoms with E-state index in [4.69, 9.17) is 24.3 Å². The number of ether oxygens (including phenoxy) is 1. The number of quaternary nitrogens is 1. The Morgan fingerprint density at radius 1 is 1.19 bits per heavy atom. The molecule has 1 aliphatic carbocycles. The lowest BCUT2D eigenvalue weighted by atomic mass is 9.91. The monoisotopic (exact) mass is 592 g/mol. The summed E-state index contributed by atoms with van der Waals surface area (Å²) >= 11 is 1.23. The van der Waals surface area contributed by atoms with E-state index in [1.807, 2.05) is 11.0 Å². The molecule has 0 radical (unpaired) electrons. The molecule has 5 aromatic rings. The Morgan fingerprint density at radius 3 is 2.83 bits per heavy atom. The van der Waals surface area contributed by atoms with Crippen molar-refractivity contribution < 1.29 is 24.1 Å². The third kappa shape index (κ3) is 4.78. The van der Waals surface area contributed by atoms with Crippen LogP contribution in [0, 0.1) is 0 Å². The molecule has 7 rings (SSSR count). The predicted molar refractivity (Wildman–Crippen MR) is 154 cm³/mol. The molecule has 6 N–H and O–H groups in total. The van der Waals surface area contributed by atoms with Crippen molar-refractivity contribution in [2.45, 2.75) is 44.2 Å². The lowest BCUT2D eigenvalue weighted by Crippen LogP contribution is -2.68. The van der Waals surface area contributed by atoms with E-state index >= 15 is 0 Å². The maximum absolute atomic E-state index is 12.8. The van der Waals surface area contributed by atoms with Gasteiger partial charge in [-0.15, -0.1) is 0 Å². The highest BCUT2D eigenvalue weighted by Crippen LogP contribution is 2.35. The fraction of sp³-hybridized carbons (Fsp3) is 0.407. The highest BCUT2D eigenvalue weighted by Gasteiger charge is 2.28. The molecule has 2 aliphatic rings. The van der Waals surface area contributed by atoms with Crippen LogP contribution in [0.2, 0.25) is 0 Å². The van der Waals surface area contributed by atoms with E-state index < -0.39 is 5.91 Å². The van der Waals surface area contributed by atoms with Crippen molar-refractivity contribution >= 4 is 46.1 Å². The van der Waals surface area contributed by atoms with Crippen LogP contribution in [0.15, 0.2) is 38.4 Å². The van der Waals surface area contributed by atoms with Crippen LogP contribution in [0.1, 0.15) is 47.4 Å². The summed E-state index contributed by atoms with van der Waals surface area (Å²) in [6.45, 7) is 2.39. The number of hydrogen-bond donors (Lipinski definition) is 3. The standard InChI is InChI=1S/C27H29N9O5S/c28-16-3-1-2-4-17(16)32-27-33-18(22(25(29)38)26-30-13-31-36(26)27)9-14-10-20(42-34-14)15-12-40-24-19(37)11-21(41-23(15)24)35-5-7-39-8-6-35/h10-13,16-17H,1-9,28H2,(H2,29,38)(H,32,33)/p+1/t16-,17+/m1/s1. The number of hydrogen-bond acceptors (Lipinski definition) is 12. The summed E-state index contributed by atoms with van der Waals surface area (Å²) in [5.74, 6) is 0.308. The number of fused-ring (bicyclic) bond motifs is 2. The summed E-state index contributed by atoms with van der Waals surface area (Å²) in [7, 11) is 0. The van der Waals surface area contributed by atoms with Crippen LogP contribution >= 0.6 is 11.5 Å². The predicted octanol–water partition coefficient (Wildman–Crippen LogP) is 1.44. The Bertz CT molecular complexity index is 1840. The normalized spacial score (nSPS) is 19.5. The third-order valence-electron chi connectivity index (χ3n) is 7.90. The zero-order chi connectivity index (χ0) is 28.8. The first-order valence-corrected chi connectivity index (χ1v) is 14.7. The number of carbonyl (C=O) groups excluding carboxylic acids is 1. The van der Waals surface area contributed by atoms with E-state index in [9.17, 15) is 9.59 Å².